The van der Waals surface area contributed by atoms with Crippen LogP contribution < -0.4 is 20.5 Å². The van der Waals surface area contributed by atoms with Crippen LogP contribution in [0.5, 0.6) is 5.75 Å². The highest BCUT2D eigenvalue weighted by atomic mass is 35.5. The topological polar surface area (TPSA) is 111 Å². The van der Waals surface area contributed by atoms with Gasteiger partial charge in [0.15, 0.2) is 0 Å². The molecule has 2 aromatic rings. The van der Waals surface area contributed by atoms with Crippen molar-refractivity contribution in [3.8, 4) is 5.75 Å². The molecule has 0 fully saturated rings. The molecular formula is C19H26ClN3O4S. The highest BCUT2D eigenvalue weighted by Gasteiger charge is 2.18. The first kappa shape index (κ1) is 23.7. The van der Waals surface area contributed by atoms with Gasteiger partial charge in [-0.25, -0.2) is 8.42 Å². The predicted octanol–water partition coefficient (Wildman–Crippen LogP) is 2.77. The first-order valence-electron chi connectivity index (χ1n) is 8.53. The highest BCUT2D eigenvalue weighted by Crippen LogP contribution is 2.20. The summed E-state index contributed by atoms with van der Waals surface area (Å²) in [5, 5.41) is 2.69. The van der Waals surface area contributed by atoms with Crippen LogP contribution in [-0.2, 0) is 10.0 Å². The van der Waals surface area contributed by atoms with Gasteiger partial charge in [0.25, 0.3) is 15.9 Å². The number of nitrogens with one attached hydrogen (secondary N) is 2. The molecule has 0 aliphatic heterocycles. The molecule has 7 nitrogen and oxygen atoms in total. The van der Waals surface area contributed by atoms with Gasteiger partial charge in [0, 0.05) is 23.3 Å². The molecule has 28 heavy (non-hydrogen) atoms. The van der Waals surface area contributed by atoms with E-state index in [0.717, 1.165) is 0 Å². The molecule has 0 atom stereocenters. The van der Waals surface area contributed by atoms with E-state index >= 15 is 0 Å². The Morgan fingerprint density at radius 1 is 1.14 bits per heavy atom. The van der Waals surface area contributed by atoms with Gasteiger partial charge in [0.05, 0.1) is 11.5 Å². The molecule has 0 saturated heterocycles. The van der Waals surface area contributed by atoms with E-state index in [1.54, 1.807) is 44.2 Å². The van der Waals surface area contributed by atoms with Crippen LogP contribution in [-0.4, -0.2) is 33.0 Å². The molecular weight excluding hydrogens is 402 g/mol. The molecule has 2 aromatic carbocycles. The molecule has 0 saturated carbocycles. The zero-order valence-electron chi connectivity index (χ0n) is 16.1. The summed E-state index contributed by atoms with van der Waals surface area (Å²) < 4.78 is 33.0. The molecule has 0 spiro atoms. The molecule has 2 rings (SSSR count). The van der Waals surface area contributed by atoms with Crippen LogP contribution >= 0.6 is 12.4 Å². The largest absolute Gasteiger partial charge is 0.494 e. The number of benzene rings is 2. The second kappa shape index (κ2) is 9.77. The summed E-state index contributed by atoms with van der Waals surface area (Å²) in [6.07, 6.45) is 0. The Morgan fingerprint density at radius 3 is 2.36 bits per heavy atom. The number of sulfonamides is 1. The predicted molar refractivity (Wildman–Crippen MR) is 113 cm³/mol. The molecule has 154 valence electrons. The Bertz CT molecular complexity index is 894. The van der Waals surface area contributed by atoms with Crippen molar-refractivity contribution in [2.45, 2.75) is 31.2 Å². The highest BCUT2D eigenvalue weighted by molar-refractivity contribution is 7.92. The van der Waals surface area contributed by atoms with E-state index in [9.17, 15) is 13.2 Å². The molecule has 0 heterocycles. The zero-order valence-corrected chi connectivity index (χ0v) is 17.7. The van der Waals surface area contributed by atoms with Gasteiger partial charge in [0.2, 0.25) is 0 Å². The average molecular weight is 428 g/mol. The quantitative estimate of drug-likeness (QED) is 0.599. The third-order valence-electron chi connectivity index (χ3n) is 3.53. The minimum atomic E-state index is -3.83. The Kier molecular flexibility index (Phi) is 8.29. The van der Waals surface area contributed by atoms with Gasteiger partial charge >= 0.3 is 0 Å². The monoisotopic (exact) mass is 427 g/mol. The van der Waals surface area contributed by atoms with Gasteiger partial charge in [-0.15, -0.1) is 12.4 Å². The van der Waals surface area contributed by atoms with Crippen LogP contribution in [0.15, 0.2) is 53.4 Å². The Labute approximate surface area is 172 Å². The summed E-state index contributed by atoms with van der Waals surface area (Å²) in [5.41, 5.74) is 5.93. The second-order valence-electron chi connectivity index (χ2n) is 6.76. The van der Waals surface area contributed by atoms with Crippen LogP contribution in [0.25, 0.3) is 0 Å². The zero-order chi connectivity index (χ0) is 20.1. The fourth-order valence-electron chi connectivity index (χ4n) is 2.21. The van der Waals surface area contributed by atoms with Crippen molar-refractivity contribution >= 4 is 34.0 Å². The smallest absolute Gasteiger partial charge is 0.261 e. The maximum atomic E-state index is 12.6. The van der Waals surface area contributed by atoms with Gasteiger partial charge in [-0.2, -0.15) is 0 Å². The summed E-state index contributed by atoms with van der Waals surface area (Å²) >= 11 is 0. The lowest BCUT2D eigenvalue weighted by molar-refractivity contribution is 0.0946. The van der Waals surface area contributed by atoms with Gasteiger partial charge in [-0.05, 0) is 63.2 Å². The molecule has 0 aliphatic rings. The molecule has 9 heteroatoms. The molecule has 0 radical (unpaired) electrons. The van der Waals surface area contributed by atoms with Crippen molar-refractivity contribution in [3.63, 3.8) is 0 Å². The van der Waals surface area contributed by atoms with E-state index in [1.807, 2.05) is 6.92 Å². The number of hydrogen-bond acceptors (Lipinski definition) is 5. The number of carbonyl (C=O) groups is 1. The van der Waals surface area contributed by atoms with Crippen LogP contribution in [0.1, 0.15) is 31.1 Å². The van der Waals surface area contributed by atoms with Crippen molar-refractivity contribution in [3.05, 3.63) is 54.1 Å². The lowest BCUT2D eigenvalue weighted by Crippen LogP contribution is -2.45. The number of rotatable bonds is 8. The molecule has 4 N–H and O–H groups in total. The maximum absolute atomic E-state index is 12.6. The van der Waals surface area contributed by atoms with E-state index in [4.69, 9.17) is 10.5 Å². The maximum Gasteiger partial charge on any atom is 0.261 e. The van der Waals surface area contributed by atoms with E-state index in [0.29, 0.717) is 18.0 Å². The number of amides is 1. The number of halogens is 1. The van der Waals surface area contributed by atoms with Crippen molar-refractivity contribution in [1.82, 2.24) is 5.32 Å². The van der Waals surface area contributed by atoms with Gasteiger partial charge in [-0.3, -0.25) is 9.52 Å². The van der Waals surface area contributed by atoms with Crippen LogP contribution in [0.2, 0.25) is 0 Å². The van der Waals surface area contributed by atoms with Crippen LogP contribution in [0.4, 0.5) is 5.69 Å². The molecule has 1 amide bonds. The van der Waals surface area contributed by atoms with Gasteiger partial charge < -0.3 is 15.8 Å². The Hall–Kier alpha value is -2.29. The number of carbonyl (C=O) groups excluding carboxylic acids is 1. The number of anilines is 1. The van der Waals surface area contributed by atoms with Crippen molar-refractivity contribution < 1.29 is 17.9 Å². The molecule has 0 aliphatic carbocycles. The summed E-state index contributed by atoms with van der Waals surface area (Å²) in [7, 11) is -3.83. The molecule has 0 bridgehead atoms. The minimum absolute atomic E-state index is 0. The standard InChI is InChI=1S/C19H25N3O4S.ClH/c1-4-26-16-10-8-15(9-11-16)22-27(24,25)17-7-5-6-14(12-17)18(23)21-13-19(2,3)20;/h5-12,22H,4,13,20H2,1-3H3,(H,21,23);1H. The number of ether oxygens (including phenoxy) is 1. The van der Waals surface area contributed by atoms with E-state index < -0.39 is 15.6 Å². The van der Waals surface area contributed by atoms with Gasteiger partial charge in [0.1, 0.15) is 5.75 Å². The van der Waals surface area contributed by atoms with Gasteiger partial charge in [-0.1, -0.05) is 6.07 Å². The van der Waals surface area contributed by atoms with E-state index in [1.165, 1.54) is 18.2 Å². The fraction of sp³-hybridized carbons (Fsp3) is 0.316. The first-order valence-corrected chi connectivity index (χ1v) is 10.0. The van der Waals surface area contributed by atoms with E-state index in [-0.39, 0.29) is 35.3 Å². The second-order valence-corrected chi connectivity index (χ2v) is 8.44. The Morgan fingerprint density at radius 2 is 1.79 bits per heavy atom. The average Bonchev–Trinajstić information content (AvgIpc) is 2.61. The lowest BCUT2D eigenvalue weighted by atomic mass is 10.1. The summed E-state index contributed by atoms with van der Waals surface area (Å²) in [5.74, 6) is 0.272. The fourth-order valence-corrected chi connectivity index (χ4v) is 3.32. The Balaban J connectivity index is 0.00000392. The van der Waals surface area contributed by atoms with Crippen molar-refractivity contribution in [1.29, 1.82) is 0 Å². The molecule has 0 unspecified atom stereocenters. The normalized spacial score (nSPS) is 11.3. The molecule has 0 aromatic heterocycles. The summed E-state index contributed by atoms with van der Waals surface area (Å²) in [4.78, 5) is 12.2. The lowest BCUT2D eigenvalue weighted by Gasteiger charge is -2.19. The minimum Gasteiger partial charge on any atom is -0.494 e. The SMILES string of the molecule is CCOc1ccc(NS(=O)(=O)c2cccc(C(=O)NCC(C)(C)N)c2)cc1.Cl. The van der Waals surface area contributed by atoms with Crippen LogP contribution in [0.3, 0.4) is 0 Å². The first-order chi connectivity index (χ1) is 12.6. The third kappa shape index (κ3) is 7.03. The van der Waals surface area contributed by atoms with Crippen molar-refractivity contribution in [2.75, 3.05) is 17.9 Å². The third-order valence-corrected chi connectivity index (χ3v) is 4.91. The van der Waals surface area contributed by atoms with Crippen molar-refractivity contribution in [2.24, 2.45) is 5.73 Å². The summed E-state index contributed by atoms with van der Waals surface area (Å²) in [6.45, 7) is 6.24. The number of hydrogen-bond donors (Lipinski definition) is 3. The van der Waals surface area contributed by atoms with E-state index in [2.05, 4.69) is 10.0 Å². The number of nitrogens with two attached hydrogens (primary N) is 1. The van der Waals surface area contributed by atoms with Crippen LogP contribution in [0, 0.1) is 0 Å². The summed E-state index contributed by atoms with van der Waals surface area (Å²) in [6, 6.07) is 12.4.